The average Bonchev–Trinajstić information content (AvgIpc) is 3.30. The molecule has 2 atom stereocenters. The van der Waals surface area contributed by atoms with Gasteiger partial charge in [-0.15, -0.1) is 10.2 Å². The minimum Gasteiger partial charge on any atom is -0.497 e. The van der Waals surface area contributed by atoms with E-state index >= 15 is 0 Å². The van der Waals surface area contributed by atoms with Crippen molar-refractivity contribution in [3.8, 4) is 5.75 Å². The van der Waals surface area contributed by atoms with Crippen LogP contribution < -0.4 is 4.74 Å². The molecule has 2 aromatic rings. The molecule has 1 N–H and O–H groups in total. The van der Waals surface area contributed by atoms with Gasteiger partial charge in [0.25, 0.3) is 0 Å². The summed E-state index contributed by atoms with van der Waals surface area (Å²) >= 11 is 0. The smallest absolute Gasteiger partial charge is 0.147 e. The fourth-order valence-electron chi connectivity index (χ4n) is 4.44. The first-order chi connectivity index (χ1) is 12.6. The van der Waals surface area contributed by atoms with Gasteiger partial charge in [0.05, 0.1) is 13.7 Å². The van der Waals surface area contributed by atoms with Crippen molar-refractivity contribution < 1.29 is 9.84 Å². The van der Waals surface area contributed by atoms with Crippen LogP contribution >= 0.6 is 0 Å². The Labute approximate surface area is 154 Å². The summed E-state index contributed by atoms with van der Waals surface area (Å²) in [6.45, 7) is 4.69. The van der Waals surface area contributed by atoms with Gasteiger partial charge < -0.3 is 14.4 Å². The zero-order chi connectivity index (χ0) is 18.1. The number of nitrogens with zero attached hydrogens (tertiary/aromatic N) is 4. The molecule has 140 valence electrons. The molecule has 0 aliphatic carbocycles. The van der Waals surface area contributed by atoms with E-state index in [9.17, 15) is 5.11 Å². The lowest BCUT2D eigenvalue weighted by Gasteiger charge is -2.37. The van der Waals surface area contributed by atoms with Crippen LogP contribution in [0.15, 0.2) is 24.3 Å². The number of aromatic nitrogens is 3. The van der Waals surface area contributed by atoms with Crippen LogP contribution in [0.3, 0.4) is 0 Å². The number of fused-ring (bicyclic) bond motifs is 1. The molecule has 3 heterocycles. The molecule has 0 unspecified atom stereocenters. The highest BCUT2D eigenvalue weighted by atomic mass is 16.5. The van der Waals surface area contributed by atoms with Gasteiger partial charge in [-0.3, -0.25) is 4.90 Å². The highest BCUT2D eigenvalue weighted by Crippen LogP contribution is 2.36. The molecule has 1 aromatic heterocycles. The normalized spacial score (nSPS) is 22.8. The number of methoxy groups -OCH3 is 1. The highest BCUT2D eigenvalue weighted by Gasteiger charge is 2.41. The quantitative estimate of drug-likeness (QED) is 0.892. The summed E-state index contributed by atoms with van der Waals surface area (Å²) in [5.41, 5.74) is 0.0199. The maximum atomic E-state index is 11.4. The van der Waals surface area contributed by atoms with Crippen molar-refractivity contribution in [2.24, 2.45) is 0 Å². The van der Waals surface area contributed by atoms with Crippen LogP contribution in [0.25, 0.3) is 0 Å². The van der Waals surface area contributed by atoms with Crippen molar-refractivity contribution in [2.75, 3.05) is 13.7 Å². The lowest BCUT2D eigenvalue weighted by Crippen LogP contribution is -2.45. The molecule has 6 nitrogen and oxygen atoms in total. The SMILES string of the molecule is COc1ccc([C@@](C)(O)[C@@H]2CCCN2Cc2nnc3n2CCCC3)cc1. The average molecular weight is 356 g/mol. The van der Waals surface area contributed by atoms with Crippen molar-refractivity contribution in [3.63, 3.8) is 0 Å². The van der Waals surface area contributed by atoms with Gasteiger partial charge in [0.15, 0.2) is 0 Å². The Kier molecular flexibility index (Phi) is 4.71. The van der Waals surface area contributed by atoms with Gasteiger partial charge in [-0.1, -0.05) is 12.1 Å². The Morgan fingerprint density at radius 1 is 1.15 bits per heavy atom. The van der Waals surface area contributed by atoms with Crippen molar-refractivity contribution in [1.29, 1.82) is 0 Å². The Morgan fingerprint density at radius 3 is 2.73 bits per heavy atom. The maximum Gasteiger partial charge on any atom is 0.147 e. The molecule has 26 heavy (non-hydrogen) atoms. The monoisotopic (exact) mass is 356 g/mol. The van der Waals surface area contributed by atoms with Gasteiger partial charge in [-0.2, -0.15) is 0 Å². The third kappa shape index (κ3) is 3.12. The van der Waals surface area contributed by atoms with Crippen molar-refractivity contribution in [3.05, 3.63) is 41.5 Å². The molecule has 0 spiro atoms. The summed E-state index contributed by atoms with van der Waals surface area (Å²) in [5, 5.41) is 20.2. The van der Waals surface area contributed by atoms with Gasteiger partial charge in [0.1, 0.15) is 23.0 Å². The third-order valence-corrected chi connectivity index (χ3v) is 5.97. The number of aliphatic hydroxyl groups is 1. The van der Waals surface area contributed by atoms with Crippen LogP contribution in [0.4, 0.5) is 0 Å². The zero-order valence-corrected chi connectivity index (χ0v) is 15.7. The fraction of sp³-hybridized carbons (Fsp3) is 0.600. The molecule has 0 amide bonds. The van der Waals surface area contributed by atoms with E-state index in [-0.39, 0.29) is 6.04 Å². The Hall–Kier alpha value is -1.92. The van der Waals surface area contributed by atoms with E-state index in [1.807, 2.05) is 31.2 Å². The first kappa shape index (κ1) is 17.5. The van der Waals surface area contributed by atoms with Gasteiger partial charge in [-0.25, -0.2) is 0 Å². The number of rotatable bonds is 5. The number of hydrogen-bond donors (Lipinski definition) is 1. The molecule has 1 fully saturated rings. The lowest BCUT2D eigenvalue weighted by molar-refractivity contribution is -0.0264. The van der Waals surface area contributed by atoms with Crippen LogP contribution in [0.1, 0.15) is 49.8 Å². The van der Waals surface area contributed by atoms with E-state index in [0.29, 0.717) is 0 Å². The van der Waals surface area contributed by atoms with E-state index in [0.717, 1.165) is 61.9 Å². The molecule has 0 radical (unpaired) electrons. The topological polar surface area (TPSA) is 63.4 Å². The molecule has 2 aliphatic heterocycles. The molecular formula is C20H28N4O2. The van der Waals surface area contributed by atoms with Gasteiger partial charge in [-0.05, 0) is 56.8 Å². The van der Waals surface area contributed by atoms with Crippen LogP contribution in [0.5, 0.6) is 5.75 Å². The summed E-state index contributed by atoms with van der Waals surface area (Å²) in [6.07, 6.45) is 5.51. The molecule has 6 heteroatoms. The van der Waals surface area contributed by atoms with Gasteiger partial charge in [0.2, 0.25) is 0 Å². The van der Waals surface area contributed by atoms with E-state index in [4.69, 9.17) is 4.74 Å². The van der Waals surface area contributed by atoms with Crippen LogP contribution in [-0.4, -0.2) is 44.5 Å². The van der Waals surface area contributed by atoms with Crippen molar-refractivity contribution in [2.45, 2.75) is 63.8 Å². The number of aryl methyl sites for hydroxylation is 1. The van der Waals surface area contributed by atoms with Crippen LogP contribution in [-0.2, 0) is 25.1 Å². The Morgan fingerprint density at radius 2 is 1.96 bits per heavy atom. The standard InChI is InChI=1S/C20H28N4O2/c1-20(25,15-8-10-16(26-2)11-9-15)17-6-5-12-23(17)14-19-22-21-18-7-3-4-13-24(18)19/h8-11,17,25H,3-7,12-14H2,1-2H3/t17-,20+/m0/s1. The summed E-state index contributed by atoms with van der Waals surface area (Å²) in [4.78, 5) is 2.37. The fourth-order valence-corrected chi connectivity index (χ4v) is 4.44. The summed E-state index contributed by atoms with van der Waals surface area (Å²) in [6, 6.07) is 7.84. The van der Waals surface area contributed by atoms with Crippen LogP contribution in [0.2, 0.25) is 0 Å². The van der Waals surface area contributed by atoms with Crippen molar-refractivity contribution in [1.82, 2.24) is 19.7 Å². The number of ether oxygens (including phenoxy) is 1. The zero-order valence-electron chi connectivity index (χ0n) is 15.7. The van der Waals surface area contributed by atoms with Gasteiger partial charge >= 0.3 is 0 Å². The van der Waals surface area contributed by atoms with E-state index in [1.165, 1.54) is 12.8 Å². The second-order valence-corrected chi connectivity index (χ2v) is 7.65. The molecule has 0 bridgehead atoms. The third-order valence-electron chi connectivity index (χ3n) is 5.97. The molecule has 0 saturated carbocycles. The first-order valence-corrected chi connectivity index (χ1v) is 9.61. The summed E-state index contributed by atoms with van der Waals surface area (Å²) < 4.78 is 7.52. The van der Waals surface area contributed by atoms with Crippen molar-refractivity contribution >= 4 is 0 Å². The predicted octanol–water partition coefficient (Wildman–Crippen LogP) is 2.50. The van der Waals surface area contributed by atoms with E-state index in [1.54, 1.807) is 7.11 Å². The lowest BCUT2D eigenvalue weighted by atomic mass is 9.86. The minimum atomic E-state index is -0.909. The molecule has 2 aliphatic rings. The number of hydrogen-bond acceptors (Lipinski definition) is 5. The second-order valence-electron chi connectivity index (χ2n) is 7.65. The summed E-state index contributed by atoms with van der Waals surface area (Å²) in [7, 11) is 1.66. The van der Waals surface area contributed by atoms with E-state index in [2.05, 4.69) is 19.7 Å². The maximum absolute atomic E-state index is 11.4. The highest BCUT2D eigenvalue weighted by molar-refractivity contribution is 5.31. The molecule has 1 saturated heterocycles. The second kappa shape index (κ2) is 7.00. The van der Waals surface area contributed by atoms with Crippen LogP contribution in [0, 0.1) is 0 Å². The molecule has 1 aromatic carbocycles. The number of benzene rings is 1. The molecular weight excluding hydrogens is 328 g/mol. The van der Waals surface area contributed by atoms with E-state index < -0.39 is 5.60 Å². The predicted molar refractivity (Wildman–Crippen MR) is 99.0 cm³/mol. The largest absolute Gasteiger partial charge is 0.497 e. The Bertz CT molecular complexity index is 754. The van der Waals surface area contributed by atoms with Gasteiger partial charge in [0, 0.05) is 19.0 Å². The molecule has 4 rings (SSSR count). The minimum absolute atomic E-state index is 0.0763. The summed E-state index contributed by atoms with van der Waals surface area (Å²) in [5.74, 6) is 2.96. The first-order valence-electron chi connectivity index (χ1n) is 9.61. The number of likely N-dealkylation sites (tertiary alicyclic amines) is 1. The Balaban J connectivity index is 1.54.